The summed E-state index contributed by atoms with van der Waals surface area (Å²) in [6.45, 7) is 2.38. The van der Waals surface area contributed by atoms with Gasteiger partial charge in [-0.15, -0.1) is 5.10 Å². The lowest BCUT2D eigenvalue weighted by atomic mass is 10.3. The third kappa shape index (κ3) is 3.08. The van der Waals surface area contributed by atoms with Crippen LogP contribution in [0, 0.1) is 6.92 Å². The molecule has 1 aliphatic heterocycles. The summed E-state index contributed by atoms with van der Waals surface area (Å²) in [5.74, 6) is -0.249. The number of sulfonamides is 1. The van der Waals surface area contributed by atoms with Gasteiger partial charge in [0.1, 0.15) is 6.10 Å². The minimum Gasteiger partial charge on any atom is -0.472 e. The number of aryl methyl sites for hydroxylation is 1. The summed E-state index contributed by atoms with van der Waals surface area (Å²) in [6, 6.07) is 7.78. The van der Waals surface area contributed by atoms with Gasteiger partial charge in [0.05, 0.1) is 22.7 Å². The molecule has 0 saturated carbocycles. The Hall–Kier alpha value is -2.72. The number of nitrogens with one attached hydrogen (secondary N) is 1. The molecule has 0 aliphatic carbocycles. The Labute approximate surface area is 148 Å². The predicted octanol–water partition coefficient (Wildman–Crippen LogP) is 1.06. The molecule has 1 fully saturated rings. The number of benzene rings is 1. The third-order valence-corrected chi connectivity index (χ3v) is 6.06. The summed E-state index contributed by atoms with van der Waals surface area (Å²) in [4.78, 5) is 13.8. The summed E-state index contributed by atoms with van der Waals surface area (Å²) >= 11 is 0. The first-order valence-corrected chi connectivity index (χ1v) is 9.46. The Morgan fingerprint density at radius 3 is 2.88 bits per heavy atom. The molecule has 1 N–H and O–H groups in total. The van der Waals surface area contributed by atoms with Crippen LogP contribution in [0.1, 0.15) is 12.1 Å². The number of rotatable bonds is 4. The molecule has 0 radical (unpaired) electrons. The van der Waals surface area contributed by atoms with Crippen LogP contribution in [0.5, 0.6) is 5.88 Å². The quantitative estimate of drug-likeness (QED) is 0.723. The maximum absolute atomic E-state index is 12.8. The number of fused-ring (bicyclic) bond motifs is 1. The lowest BCUT2D eigenvalue weighted by Crippen LogP contribution is -2.31. The molecule has 4 rings (SSSR count). The molecular weight excluding hydrogens is 360 g/mol. The van der Waals surface area contributed by atoms with Gasteiger partial charge >= 0.3 is 5.76 Å². The molecule has 10 heteroatoms. The van der Waals surface area contributed by atoms with E-state index in [2.05, 4.69) is 15.2 Å². The Balaban J connectivity index is 1.52. The largest absolute Gasteiger partial charge is 0.472 e. The van der Waals surface area contributed by atoms with Crippen molar-refractivity contribution in [1.29, 1.82) is 0 Å². The van der Waals surface area contributed by atoms with Gasteiger partial charge in [0, 0.05) is 12.6 Å². The van der Waals surface area contributed by atoms with E-state index in [0.717, 1.165) is 5.69 Å². The van der Waals surface area contributed by atoms with Gasteiger partial charge in [-0.3, -0.25) is 4.98 Å². The molecular formula is C16H16N4O5S. The minimum atomic E-state index is -3.70. The molecule has 0 bridgehead atoms. The molecule has 9 nitrogen and oxygen atoms in total. The van der Waals surface area contributed by atoms with Crippen molar-refractivity contribution in [2.75, 3.05) is 13.1 Å². The number of aromatic amines is 1. The maximum atomic E-state index is 12.8. The van der Waals surface area contributed by atoms with E-state index >= 15 is 0 Å². The van der Waals surface area contributed by atoms with Gasteiger partial charge in [0.25, 0.3) is 0 Å². The summed E-state index contributed by atoms with van der Waals surface area (Å²) in [7, 11) is -3.70. The van der Waals surface area contributed by atoms with Crippen LogP contribution in [0.25, 0.3) is 11.1 Å². The number of oxazole rings is 1. The van der Waals surface area contributed by atoms with E-state index in [0.29, 0.717) is 29.9 Å². The van der Waals surface area contributed by atoms with Crippen LogP contribution in [0.15, 0.2) is 44.4 Å². The van der Waals surface area contributed by atoms with Gasteiger partial charge in [-0.2, -0.15) is 9.40 Å². The Bertz CT molecular complexity index is 1100. The first-order chi connectivity index (χ1) is 12.4. The average Bonchev–Trinajstić information content (AvgIpc) is 3.22. The summed E-state index contributed by atoms with van der Waals surface area (Å²) in [6.07, 6.45) is 0.263. The number of nitrogens with zero attached hydrogens (tertiary/aromatic N) is 3. The van der Waals surface area contributed by atoms with Crippen molar-refractivity contribution >= 4 is 21.1 Å². The maximum Gasteiger partial charge on any atom is 0.417 e. The van der Waals surface area contributed by atoms with E-state index in [9.17, 15) is 13.2 Å². The number of ether oxygens (including phenoxy) is 1. The van der Waals surface area contributed by atoms with Crippen LogP contribution in [0.2, 0.25) is 0 Å². The molecule has 2 aromatic heterocycles. The van der Waals surface area contributed by atoms with Gasteiger partial charge in [-0.05, 0) is 37.6 Å². The van der Waals surface area contributed by atoms with Crippen molar-refractivity contribution in [3.8, 4) is 5.88 Å². The molecule has 0 spiro atoms. The smallest absolute Gasteiger partial charge is 0.417 e. The highest BCUT2D eigenvalue weighted by Crippen LogP contribution is 2.25. The van der Waals surface area contributed by atoms with E-state index in [4.69, 9.17) is 9.15 Å². The zero-order valence-electron chi connectivity index (χ0n) is 13.9. The highest BCUT2D eigenvalue weighted by Gasteiger charge is 2.34. The van der Waals surface area contributed by atoms with E-state index in [1.54, 1.807) is 12.1 Å². The number of aromatic nitrogens is 3. The molecule has 26 heavy (non-hydrogen) atoms. The monoisotopic (exact) mass is 376 g/mol. The van der Waals surface area contributed by atoms with Gasteiger partial charge in [0.15, 0.2) is 5.58 Å². The number of hydrogen-bond donors (Lipinski definition) is 1. The zero-order valence-corrected chi connectivity index (χ0v) is 14.7. The number of H-pyrrole nitrogens is 1. The standard InChI is InChI=1S/C16H16N4O5S/c1-10-2-5-15(19-18-10)24-11-6-7-20(9-11)26(22,23)12-3-4-14-13(8-12)17-16(21)25-14/h2-5,8,11H,6-7,9H2,1H3,(H,17,21)/t11-/m0/s1. The Kier molecular flexibility index (Phi) is 4.00. The van der Waals surface area contributed by atoms with Gasteiger partial charge < -0.3 is 9.15 Å². The molecule has 1 atom stereocenters. The van der Waals surface area contributed by atoms with Crippen molar-refractivity contribution in [3.63, 3.8) is 0 Å². The minimum absolute atomic E-state index is 0.0952. The summed E-state index contributed by atoms with van der Waals surface area (Å²) in [5, 5.41) is 7.86. The SMILES string of the molecule is Cc1ccc(O[C@H]2CCN(S(=O)(=O)c3ccc4oc(=O)[nH]c4c3)C2)nn1. The Morgan fingerprint density at radius 1 is 1.27 bits per heavy atom. The van der Waals surface area contributed by atoms with Gasteiger partial charge in [-0.25, -0.2) is 13.2 Å². The molecule has 1 aromatic carbocycles. The fourth-order valence-corrected chi connectivity index (χ4v) is 4.39. The first-order valence-electron chi connectivity index (χ1n) is 8.02. The molecule has 1 saturated heterocycles. The highest BCUT2D eigenvalue weighted by atomic mass is 32.2. The van der Waals surface area contributed by atoms with Crippen LogP contribution in [-0.4, -0.2) is 47.1 Å². The zero-order chi connectivity index (χ0) is 18.3. The fourth-order valence-electron chi connectivity index (χ4n) is 2.87. The summed E-state index contributed by atoms with van der Waals surface area (Å²) in [5.41, 5.74) is 1.44. The van der Waals surface area contributed by atoms with Crippen molar-refractivity contribution in [2.24, 2.45) is 0 Å². The lowest BCUT2D eigenvalue weighted by molar-refractivity contribution is 0.204. The lowest BCUT2D eigenvalue weighted by Gasteiger charge is -2.17. The van der Waals surface area contributed by atoms with Crippen LogP contribution in [-0.2, 0) is 10.0 Å². The van der Waals surface area contributed by atoms with Crippen molar-refractivity contribution < 1.29 is 17.6 Å². The average molecular weight is 376 g/mol. The second-order valence-electron chi connectivity index (χ2n) is 6.08. The molecule has 3 aromatic rings. The van der Waals surface area contributed by atoms with Crippen molar-refractivity contribution in [2.45, 2.75) is 24.3 Å². The molecule has 0 unspecified atom stereocenters. The molecule has 136 valence electrons. The molecule has 1 aliphatic rings. The Morgan fingerprint density at radius 2 is 2.12 bits per heavy atom. The van der Waals surface area contributed by atoms with E-state index < -0.39 is 15.8 Å². The normalized spacial score (nSPS) is 18.4. The fraction of sp³-hybridized carbons (Fsp3) is 0.312. The van der Waals surface area contributed by atoms with E-state index in [-0.39, 0.29) is 17.5 Å². The molecule has 0 amide bonds. The van der Waals surface area contributed by atoms with Crippen LogP contribution >= 0.6 is 0 Å². The molecule has 3 heterocycles. The van der Waals surface area contributed by atoms with Crippen molar-refractivity contribution in [1.82, 2.24) is 19.5 Å². The highest BCUT2D eigenvalue weighted by molar-refractivity contribution is 7.89. The van der Waals surface area contributed by atoms with Crippen LogP contribution in [0.4, 0.5) is 0 Å². The van der Waals surface area contributed by atoms with Gasteiger partial charge in [-0.1, -0.05) is 0 Å². The van der Waals surface area contributed by atoms with Crippen LogP contribution in [0.3, 0.4) is 0 Å². The second-order valence-corrected chi connectivity index (χ2v) is 8.01. The second kappa shape index (κ2) is 6.22. The van der Waals surface area contributed by atoms with E-state index in [1.807, 2.05) is 6.92 Å². The van der Waals surface area contributed by atoms with Crippen LogP contribution < -0.4 is 10.5 Å². The van der Waals surface area contributed by atoms with Gasteiger partial charge in [0.2, 0.25) is 15.9 Å². The number of hydrogen-bond acceptors (Lipinski definition) is 7. The first kappa shape index (κ1) is 16.7. The third-order valence-electron chi connectivity index (χ3n) is 4.20. The topological polar surface area (TPSA) is 118 Å². The predicted molar refractivity (Wildman–Crippen MR) is 91.4 cm³/mol. The van der Waals surface area contributed by atoms with E-state index in [1.165, 1.54) is 22.5 Å². The summed E-state index contributed by atoms with van der Waals surface area (Å²) < 4.78 is 37.7. The van der Waals surface area contributed by atoms with Crippen molar-refractivity contribution in [3.05, 3.63) is 46.6 Å².